The van der Waals surface area contributed by atoms with E-state index in [1.54, 1.807) is 4.68 Å². The molecule has 1 fully saturated rings. The van der Waals surface area contributed by atoms with Gasteiger partial charge in [-0.05, 0) is 47.6 Å². The summed E-state index contributed by atoms with van der Waals surface area (Å²) >= 11 is 0. The van der Waals surface area contributed by atoms with Gasteiger partial charge in [-0.2, -0.15) is 5.10 Å². The summed E-state index contributed by atoms with van der Waals surface area (Å²) in [6.07, 6.45) is 7.62. The van der Waals surface area contributed by atoms with Crippen LogP contribution < -0.4 is 10.6 Å². The lowest BCUT2D eigenvalue weighted by molar-refractivity contribution is -0.122. The number of aromatic nitrogens is 2. The molecule has 1 aliphatic rings. The summed E-state index contributed by atoms with van der Waals surface area (Å²) in [5.41, 5.74) is 1.95. The van der Waals surface area contributed by atoms with Gasteiger partial charge in [0, 0.05) is 38.2 Å². The molecule has 0 aliphatic carbocycles. The molecule has 2 heterocycles. The number of fused-ring (bicyclic) bond motifs is 1. The third kappa shape index (κ3) is 4.87. The topological polar surface area (TPSA) is 76.0 Å². The van der Waals surface area contributed by atoms with Crippen LogP contribution in [-0.4, -0.2) is 33.7 Å². The van der Waals surface area contributed by atoms with Gasteiger partial charge in [-0.3, -0.25) is 14.3 Å². The second-order valence-corrected chi connectivity index (χ2v) is 8.31. The monoisotopic (exact) mass is 404 g/mol. The Morgan fingerprint density at radius 1 is 1.20 bits per heavy atom. The highest BCUT2D eigenvalue weighted by atomic mass is 16.2. The van der Waals surface area contributed by atoms with E-state index in [0.717, 1.165) is 24.8 Å². The van der Waals surface area contributed by atoms with Crippen molar-refractivity contribution in [2.45, 2.75) is 44.1 Å². The van der Waals surface area contributed by atoms with Crippen LogP contribution in [0, 0.1) is 0 Å². The lowest BCUT2D eigenvalue weighted by Crippen LogP contribution is -2.44. The molecule has 30 heavy (non-hydrogen) atoms. The molecule has 1 aromatic heterocycles. The average Bonchev–Trinajstić information content (AvgIpc) is 3.32. The molecule has 0 saturated carbocycles. The van der Waals surface area contributed by atoms with Crippen LogP contribution in [0.1, 0.15) is 36.8 Å². The van der Waals surface area contributed by atoms with Gasteiger partial charge in [0.1, 0.15) is 0 Å². The number of hydrogen-bond donors (Lipinski definition) is 2. The Kier molecular flexibility index (Phi) is 5.84. The van der Waals surface area contributed by atoms with Crippen LogP contribution in [0.5, 0.6) is 0 Å². The van der Waals surface area contributed by atoms with E-state index in [1.165, 1.54) is 16.3 Å². The summed E-state index contributed by atoms with van der Waals surface area (Å²) in [6, 6.07) is 14.7. The van der Waals surface area contributed by atoms with E-state index >= 15 is 0 Å². The van der Waals surface area contributed by atoms with Gasteiger partial charge in [0.25, 0.3) is 0 Å². The van der Waals surface area contributed by atoms with Crippen LogP contribution in [-0.2, 0) is 29.5 Å². The number of rotatable bonds is 8. The first-order valence-corrected chi connectivity index (χ1v) is 10.5. The minimum Gasteiger partial charge on any atom is -0.356 e. The first-order valence-electron chi connectivity index (χ1n) is 10.5. The molecular formula is C24H28N4O2. The van der Waals surface area contributed by atoms with Crippen molar-refractivity contribution < 1.29 is 9.59 Å². The van der Waals surface area contributed by atoms with Crippen molar-refractivity contribution in [2.24, 2.45) is 7.05 Å². The molecule has 3 aromatic rings. The summed E-state index contributed by atoms with van der Waals surface area (Å²) in [4.78, 5) is 24.4. The summed E-state index contributed by atoms with van der Waals surface area (Å²) in [7, 11) is 1.88. The SMILES string of the molecule is Cn1cc(CCNC(=O)CCC2(Cc3ccc4ccccc4c3)CCC(=O)N2)cn1. The van der Waals surface area contributed by atoms with Gasteiger partial charge in [-0.15, -0.1) is 0 Å². The summed E-state index contributed by atoms with van der Waals surface area (Å²) in [5, 5.41) is 12.7. The molecule has 0 spiro atoms. The molecule has 0 radical (unpaired) electrons. The highest BCUT2D eigenvalue weighted by Gasteiger charge is 2.37. The molecular weight excluding hydrogens is 376 g/mol. The minimum absolute atomic E-state index is 0.0259. The molecule has 4 rings (SSSR count). The number of nitrogens with zero attached hydrogens (tertiary/aromatic N) is 2. The molecule has 1 unspecified atom stereocenters. The van der Waals surface area contributed by atoms with E-state index in [2.05, 4.69) is 46.1 Å². The number of hydrogen-bond acceptors (Lipinski definition) is 3. The maximum absolute atomic E-state index is 12.4. The average molecular weight is 405 g/mol. The lowest BCUT2D eigenvalue weighted by Gasteiger charge is -2.29. The molecule has 6 heteroatoms. The number of nitrogens with one attached hydrogen (secondary N) is 2. The molecule has 2 amide bonds. The van der Waals surface area contributed by atoms with Crippen molar-refractivity contribution in [3.63, 3.8) is 0 Å². The Morgan fingerprint density at radius 2 is 2.03 bits per heavy atom. The molecule has 1 saturated heterocycles. The molecule has 1 aliphatic heterocycles. The van der Waals surface area contributed by atoms with Gasteiger partial charge in [0.15, 0.2) is 0 Å². The van der Waals surface area contributed by atoms with E-state index in [9.17, 15) is 9.59 Å². The normalized spacial score (nSPS) is 18.5. The lowest BCUT2D eigenvalue weighted by atomic mass is 9.84. The zero-order valence-corrected chi connectivity index (χ0v) is 17.4. The van der Waals surface area contributed by atoms with Gasteiger partial charge < -0.3 is 10.6 Å². The maximum Gasteiger partial charge on any atom is 0.220 e. The molecule has 2 aromatic carbocycles. The summed E-state index contributed by atoms with van der Waals surface area (Å²) < 4.78 is 1.76. The zero-order valence-electron chi connectivity index (χ0n) is 17.4. The van der Waals surface area contributed by atoms with Crippen molar-refractivity contribution >= 4 is 22.6 Å². The van der Waals surface area contributed by atoms with Crippen molar-refractivity contribution in [1.82, 2.24) is 20.4 Å². The van der Waals surface area contributed by atoms with Gasteiger partial charge in [0.2, 0.25) is 11.8 Å². The fourth-order valence-corrected chi connectivity index (χ4v) is 4.31. The second kappa shape index (κ2) is 8.69. The number of aryl methyl sites for hydroxylation is 1. The molecule has 2 N–H and O–H groups in total. The van der Waals surface area contributed by atoms with Crippen LogP contribution in [0.2, 0.25) is 0 Å². The largest absolute Gasteiger partial charge is 0.356 e. The first-order chi connectivity index (χ1) is 14.5. The fourth-order valence-electron chi connectivity index (χ4n) is 4.31. The molecule has 156 valence electrons. The van der Waals surface area contributed by atoms with Crippen molar-refractivity contribution in [2.75, 3.05) is 6.54 Å². The zero-order chi connectivity index (χ0) is 21.0. The fraction of sp³-hybridized carbons (Fsp3) is 0.375. The number of benzene rings is 2. The predicted octanol–water partition coefficient (Wildman–Crippen LogP) is 2.90. The Hall–Kier alpha value is -3.15. The number of carbonyl (C=O) groups excluding carboxylic acids is 2. The first kappa shape index (κ1) is 20.1. The molecule has 0 bridgehead atoms. The van der Waals surface area contributed by atoms with Crippen LogP contribution in [0.15, 0.2) is 54.9 Å². The van der Waals surface area contributed by atoms with Gasteiger partial charge in [-0.1, -0.05) is 42.5 Å². The highest BCUT2D eigenvalue weighted by molar-refractivity contribution is 5.83. The molecule has 6 nitrogen and oxygen atoms in total. The van der Waals surface area contributed by atoms with Gasteiger partial charge in [0.05, 0.1) is 6.20 Å². The Balaban J connectivity index is 1.35. The van der Waals surface area contributed by atoms with Crippen molar-refractivity contribution in [1.29, 1.82) is 0 Å². The van der Waals surface area contributed by atoms with E-state index < -0.39 is 0 Å². The second-order valence-electron chi connectivity index (χ2n) is 8.31. The molecule has 1 atom stereocenters. The third-order valence-electron chi connectivity index (χ3n) is 5.92. The van der Waals surface area contributed by atoms with E-state index in [0.29, 0.717) is 25.8 Å². The maximum atomic E-state index is 12.4. The van der Waals surface area contributed by atoms with E-state index in [4.69, 9.17) is 0 Å². The third-order valence-corrected chi connectivity index (χ3v) is 5.92. The quantitative estimate of drug-likeness (QED) is 0.606. The highest BCUT2D eigenvalue weighted by Crippen LogP contribution is 2.30. The van der Waals surface area contributed by atoms with Crippen molar-refractivity contribution in [3.05, 3.63) is 66.0 Å². The predicted molar refractivity (Wildman–Crippen MR) is 117 cm³/mol. The number of amides is 2. The summed E-state index contributed by atoms with van der Waals surface area (Å²) in [6.45, 7) is 0.592. The number of carbonyl (C=O) groups is 2. The van der Waals surface area contributed by atoms with E-state index in [-0.39, 0.29) is 17.4 Å². The van der Waals surface area contributed by atoms with Gasteiger partial charge in [-0.25, -0.2) is 0 Å². The van der Waals surface area contributed by atoms with Crippen molar-refractivity contribution in [3.8, 4) is 0 Å². The Morgan fingerprint density at radius 3 is 2.77 bits per heavy atom. The van der Waals surface area contributed by atoms with Crippen LogP contribution in [0.4, 0.5) is 0 Å². The van der Waals surface area contributed by atoms with Gasteiger partial charge >= 0.3 is 0 Å². The van der Waals surface area contributed by atoms with Crippen LogP contribution in [0.25, 0.3) is 10.8 Å². The standard InChI is InChI=1S/C24H28N4O2/c1-28-17-19(16-26-28)10-13-25-22(29)8-11-24(12-9-23(30)27-24)15-18-6-7-20-4-2-3-5-21(20)14-18/h2-7,14,16-17H,8-13,15H2,1H3,(H,25,29)(H,27,30). The van der Waals surface area contributed by atoms with Crippen LogP contribution in [0.3, 0.4) is 0 Å². The van der Waals surface area contributed by atoms with Crippen LogP contribution >= 0.6 is 0 Å². The minimum atomic E-state index is -0.347. The Bertz CT molecular complexity index is 1060. The van der Waals surface area contributed by atoms with E-state index in [1.807, 2.05) is 31.6 Å². The Labute approximate surface area is 176 Å². The smallest absolute Gasteiger partial charge is 0.220 e. The summed E-state index contributed by atoms with van der Waals surface area (Å²) in [5.74, 6) is 0.103.